The molecule has 1 amide bonds. The summed E-state index contributed by atoms with van der Waals surface area (Å²) >= 11 is 1.50. The highest BCUT2D eigenvalue weighted by Crippen LogP contribution is 2.27. The second-order valence-electron chi connectivity index (χ2n) is 6.24. The Morgan fingerprint density at radius 3 is 3.12 bits per heavy atom. The van der Waals surface area contributed by atoms with Crippen LogP contribution < -0.4 is 10.9 Å². The zero-order chi connectivity index (χ0) is 17.6. The summed E-state index contributed by atoms with van der Waals surface area (Å²) in [6.45, 7) is 3.58. The van der Waals surface area contributed by atoms with Crippen LogP contribution >= 0.6 is 11.3 Å². The number of aromatic nitrogens is 4. The first-order chi connectivity index (χ1) is 12.0. The molecule has 3 aromatic heterocycles. The Balaban J connectivity index is 1.54. The van der Waals surface area contributed by atoms with Crippen LogP contribution in [-0.4, -0.2) is 44.0 Å². The fraction of sp³-hybridized carbons (Fsp3) is 0.375. The van der Waals surface area contributed by atoms with Gasteiger partial charge in [0.15, 0.2) is 10.8 Å². The smallest absolute Gasteiger partial charge is 0.276 e. The minimum Gasteiger partial charge on any atom is -0.302 e. The minimum atomic E-state index is -0.257. The minimum absolute atomic E-state index is 0.0240. The Hall–Kier alpha value is -2.52. The van der Waals surface area contributed by atoms with Crippen molar-refractivity contribution in [2.24, 2.45) is 0 Å². The molecule has 0 saturated heterocycles. The van der Waals surface area contributed by atoms with Crippen LogP contribution in [0.15, 0.2) is 17.1 Å². The highest BCUT2D eigenvalue weighted by atomic mass is 32.1. The Morgan fingerprint density at radius 2 is 2.28 bits per heavy atom. The van der Waals surface area contributed by atoms with E-state index in [0.29, 0.717) is 22.0 Å². The molecular weight excluding hydrogens is 340 g/mol. The standard InChI is InChI=1S/C16H18N6O2S/c1-9-10(15(24)22-13(18-9)3-5-17-22)7-14(23)20-16-19-11-4-6-21(2)8-12(11)25-16/h3,5,17H,4,6-8H2,1-2H3,(H,19,20,23). The molecule has 2 N–H and O–H groups in total. The van der Waals surface area contributed by atoms with Gasteiger partial charge in [0.2, 0.25) is 5.91 Å². The van der Waals surface area contributed by atoms with E-state index in [1.807, 2.05) is 0 Å². The Morgan fingerprint density at radius 1 is 1.44 bits per heavy atom. The normalized spacial score (nSPS) is 14.6. The molecular formula is C16H18N6O2S. The van der Waals surface area contributed by atoms with Gasteiger partial charge in [0.25, 0.3) is 5.56 Å². The summed E-state index contributed by atoms with van der Waals surface area (Å²) in [5.41, 5.74) is 2.31. The fourth-order valence-corrected chi connectivity index (χ4v) is 4.11. The van der Waals surface area contributed by atoms with Crippen molar-refractivity contribution in [3.8, 4) is 0 Å². The molecule has 0 atom stereocenters. The third kappa shape index (κ3) is 2.96. The number of aryl methyl sites for hydroxylation is 1. The van der Waals surface area contributed by atoms with Crippen molar-refractivity contribution >= 4 is 28.0 Å². The van der Waals surface area contributed by atoms with Crippen molar-refractivity contribution in [3.05, 3.63) is 44.4 Å². The van der Waals surface area contributed by atoms with Crippen LogP contribution in [0.25, 0.3) is 5.65 Å². The van der Waals surface area contributed by atoms with E-state index in [1.54, 1.807) is 19.2 Å². The number of carbonyl (C=O) groups is 1. The van der Waals surface area contributed by atoms with E-state index in [4.69, 9.17) is 0 Å². The monoisotopic (exact) mass is 358 g/mol. The van der Waals surface area contributed by atoms with Gasteiger partial charge in [0.05, 0.1) is 12.1 Å². The molecule has 0 bridgehead atoms. The predicted octanol–water partition coefficient (Wildman–Crippen LogP) is 0.957. The van der Waals surface area contributed by atoms with Gasteiger partial charge >= 0.3 is 0 Å². The number of nitrogens with one attached hydrogen (secondary N) is 2. The highest BCUT2D eigenvalue weighted by Gasteiger charge is 2.20. The molecule has 0 saturated carbocycles. The number of rotatable bonds is 3. The van der Waals surface area contributed by atoms with Gasteiger partial charge in [-0.25, -0.2) is 14.5 Å². The number of nitrogens with zero attached hydrogens (tertiary/aromatic N) is 4. The topological polar surface area (TPSA) is 95.4 Å². The number of hydrogen-bond donors (Lipinski definition) is 2. The molecule has 8 nitrogen and oxygen atoms in total. The second-order valence-corrected chi connectivity index (χ2v) is 7.32. The first kappa shape index (κ1) is 16.0. The summed E-state index contributed by atoms with van der Waals surface area (Å²) < 4.78 is 1.34. The van der Waals surface area contributed by atoms with Crippen LogP contribution in [0.2, 0.25) is 0 Å². The largest absolute Gasteiger partial charge is 0.302 e. The van der Waals surface area contributed by atoms with Crippen molar-refractivity contribution in [3.63, 3.8) is 0 Å². The zero-order valence-corrected chi connectivity index (χ0v) is 14.8. The number of H-pyrrole nitrogens is 1. The van der Waals surface area contributed by atoms with E-state index in [1.165, 1.54) is 20.7 Å². The van der Waals surface area contributed by atoms with Crippen LogP contribution in [0.4, 0.5) is 5.13 Å². The number of carbonyl (C=O) groups excluding carboxylic acids is 1. The SMILES string of the molecule is Cc1nc2cc[nH]n2c(=O)c1CC(=O)Nc1nc2c(s1)CN(C)CC2. The second kappa shape index (κ2) is 6.08. The average Bonchev–Trinajstić information content (AvgIpc) is 3.17. The van der Waals surface area contributed by atoms with Gasteiger partial charge in [-0.2, -0.15) is 0 Å². The van der Waals surface area contributed by atoms with Gasteiger partial charge in [0, 0.05) is 47.9 Å². The lowest BCUT2D eigenvalue weighted by molar-refractivity contribution is -0.115. The van der Waals surface area contributed by atoms with E-state index in [2.05, 4.69) is 32.3 Å². The first-order valence-electron chi connectivity index (χ1n) is 8.04. The van der Waals surface area contributed by atoms with Crippen LogP contribution in [0.3, 0.4) is 0 Å². The average molecular weight is 358 g/mol. The molecule has 4 rings (SSSR count). The van der Waals surface area contributed by atoms with Gasteiger partial charge in [-0.15, -0.1) is 11.3 Å². The summed E-state index contributed by atoms with van der Waals surface area (Å²) in [5, 5.41) is 6.23. The Kier molecular flexibility index (Phi) is 3.89. The number of anilines is 1. The number of fused-ring (bicyclic) bond motifs is 2. The molecule has 0 spiro atoms. The molecule has 1 aliphatic heterocycles. The zero-order valence-electron chi connectivity index (χ0n) is 14.0. The van der Waals surface area contributed by atoms with Gasteiger partial charge in [-0.05, 0) is 14.0 Å². The third-order valence-corrected chi connectivity index (χ3v) is 5.35. The van der Waals surface area contributed by atoms with Crippen molar-refractivity contribution in [1.82, 2.24) is 24.5 Å². The quantitative estimate of drug-likeness (QED) is 0.727. The van der Waals surface area contributed by atoms with E-state index in [9.17, 15) is 9.59 Å². The molecule has 0 radical (unpaired) electrons. The molecule has 130 valence electrons. The van der Waals surface area contributed by atoms with E-state index < -0.39 is 0 Å². The Labute approximate surface area is 147 Å². The van der Waals surface area contributed by atoms with Gasteiger partial charge in [-0.1, -0.05) is 0 Å². The molecule has 4 heterocycles. The highest BCUT2D eigenvalue weighted by molar-refractivity contribution is 7.15. The predicted molar refractivity (Wildman–Crippen MR) is 95.0 cm³/mol. The molecule has 3 aromatic rings. The molecule has 1 aliphatic rings. The lowest BCUT2D eigenvalue weighted by Crippen LogP contribution is -2.26. The van der Waals surface area contributed by atoms with Gasteiger partial charge < -0.3 is 10.2 Å². The third-order valence-electron chi connectivity index (χ3n) is 4.35. The summed E-state index contributed by atoms with van der Waals surface area (Å²) in [6.07, 6.45) is 2.51. The number of thiazole rings is 1. The van der Waals surface area contributed by atoms with Crippen molar-refractivity contribution < 1.29 is 4.79 Å². The maximum atomic E-state index is 12.5. The lowest BCUT2D eigenvalue weighted by Gasteiger charge is -2.20. The number of aromatic amines is 1. The van der Waals surface area contributed by atoms with Crippen molar-refractivity contribution in [1.29, 1.82) is 0 Å². The summed E-state index contributed by atoms with van der Waals surface area (Å²) in [7, 11) is 2.07. The van der Waals surface area contributed by atoms with Gasteiger partial charge in [-0.3, -0.25) is 14.7 Å². The molecule has 0 fully saturated rings. The molecule has 0 aliphatic carbocycles. The summed E-state index contributed by atoms with van der Waals surface area (Å²) in [4.78, 5) is 37.2. The first-order valence-corrected chi connectivity index (χ1v) is 8.85. The van der Waals surface area contributed by atoms with Crippen molar-refractivity contribution in [2.45, 2.75) is 26.3 Å². The van der Waals surface area contributed by atoms with Crippen LogP contribution in [-0.2, 0) is 24.2 Å². The number of amides is 1. The molecule has 0 aromatic carbocycles. The summed E-state index contributed by atoms with van der Waals surface area (Å²) in [5.74, 6) is -0.257. The Bertz CT molecular complexity index is 1020. The molecule has 0 unspecified atom stereocenters. The maximum absolute atomic E-state index is 12.5. The van der Waals surface area contributed by atoms with Crippen LogP contribution in [0, 0.1) is 6.92 Å². The number of likely N-dealkylation sites (N-methyl/N-ethyl adjacent to an activating group) is 1. The van der Waals surface area contributed by atoms with Crippen LogP contribution in [0.5, 0.6) is 0 Å². The fourth-order valence-electron chi connectivity index (χ4n) is 3.01. The molecule has 25 heavy (non-hydrogen) atoms. The maximum Gasteiger partial charge on any atom is 0.276 e. The number of hydrogen-bond acceptors (Lipinski definition) is 6. The lowest BCUT2D eigenvalue weighted by atomic mass is 10.1. The van der Waals surface area contributed by atoms with E-state index in [0.717, 1.165) is 25.2 Å². The summed E-state index contributed by atoms with van der Waals surface area (Å²) in [6, 6.07) is 1.72. The van der Waals surface area contributed by atoms with E-state index >= 15 is 0 Å². The van der Waals surface area contributed by atoms with Crippen LogP contribution in [0.1, 0.15) is 21.8 Å². The van der Waals surface area contributed by atoms with Crippen molar-refractivity contribution in [2.75, 3.05) is 18.9 Å². The molecule has 9 heteroatoms. The van der Waals surface area contributed by atoms with Gasteiger partial charge in [0.1, 0.15) is 0 Å². The van der Waals surface area contributed by atoms with E-state index in [-0.39, 0.29) is 17.9 Å².